The van der Waals surface area contributed by atoms with Crippen LogP contribution in [0.2, 0.25) is 0 Å². The minimum atomic E-state index is -0.416. The lowest BCUT2D eigenvalue weighted by molar-refractivity contribution is -0.126. The highest BCUT2D eigenvalue weighted by Crippen LogP contribution is 2.32. The molecule has 0 aliphatic carbocycles. The number of hydrogen-bond acceptors (Lipinski definition) is 9. The molecule has 31 heavy (non-hydrogen) atoms. The number of rotatable bonds is 7. The van der Waals surface area contributed by atoms with E-state index in [1.807, 2.05) is 25.1 Å². The maximum Gasteiger partial charge on any atom is 0.290 e. The molecule has 1 unspecified atom stereocenters. The largest absolute Gasteiger partial charge is 0.483 e. The molecule has 0 radical (unpaired) electrons. The summed E-state index contributed by atoms with van der Waals surface area (Å²) in [6.45, 7) is 3.48. The predicted molar refractivity (Wildman–Crippen MR) is 109 cm³/mol. The SMILES string of the molecule is CCOCc1nnc(N2CC(C(=O)NCc3ccc4c(c3)OCO4)CC2=O)s1.O=CO. The number of aromatic nitrogens is 2. The number of benzene rings is 1. The predicted octanol–water partition coefficient (Wildman–Crippen LogP) is 1.17. The third-order valence-corrected chi connectivity index (χ3v) is 5.44. The second-order valence-corrected chi connectivity index (χ2v) is 7.57. The van der Waals surface area contributed by atoms with E-state index in [-0.39, 0.29) is 31.5 Å². The van der Waals surface area contributed by atoms with Crippen LogP contribution in [0.15, 0.2) is 18.2 Å². The van der Waals surface area contributed by atoms with Crippen molar-refractivity contribution in [3.05, 3.63) is 28.8 Å². The highest BCUT2D eigenvalue weighted by atomic mass is 32.1. The molecule has 2 aliphatic rings. The molecule has 4 rings (SSSR count). The number of nitrogens with one attached hydrogen (secondary N) is 1. The average molecular weight is 450 g/mol. The van der Waals surface area contributed by atoms with Gasteiger partial charge < -0.3 is 24.6 Å². The normalized spacial score (nSPS) is 16.6. The number of hydrogen-bond donors (Lipinski definition) is 2. The summed E-state index contributed by atoms with van der Waals surface area (Å²) in [5.41, 5.74) is 0.906. The van der Waals surface area contributed by atoms with Crippen LogP contribution in [0.3, 0.4) is 0 Å². The summed E-state index contributed by atoms with van der Waals surface area (Å²) >= 11 is 1.31. The van der Waals surface area contributed by atoms with Gasteiger partial charge in [-0.1, -0.05) is 17.4 Å². The topological polar surface area (TPSA) is 140 Å². The standard InChI is InChI=1S/C18H20N4O5S.CH2O2/c1-2-25-9-15-20-21-18(28-15)22-8-12(6-16(22)23)17(24)19-7-11-3-4-13-14(5-11)27-10-26-13;2-1-3/h3-5,12H,2,6-10H2,1H3,(H,19,24);1H,(H,2,3). The summed E-state index contributed by atoms with van der Waals surface area (Å²) < 4.78 is 15.9. The zero-order valence-electron chi connectivity index (χ0n) is 16.8. The summed E-state index contributed by atoms with van der Waals surface area (Å²) in [5, 5.41) is 19.1. The van der Waals surface area contributed by atoms with E-state index in [2.05, 4.69) is 15.5 Å². The molecule has 1 atom stereocenters. The van der Waals surface area contributed by atoms with Crippen molar-refractivity contribution in [1.82, 2.24) is 15.5 Å². The van der Waals surface area contributed by atoms with E-state index in [9.17, 15) is 9.59 Å². The highest BCUT2D eigenvalue weighted by molar-refractivity contribution is 7.15. The monoisotopic (exact) mass is 450 g/mol. The molecule has 1 aromatic heterocycles. The summed E-state index contributed by atoms with van der Waals surface area (Å²) in [6, 6.07) is 5.54. The van der Waals surface area contributed by atoms with Crippen LogP contribution >= 0.6 is 11.3 Å². The van der Waals surface area contributed by atoms with Gasteiger partial charge in [0.05, 0.1) is 5.92 Å². The van der Waals surface area contributed by atoms with Gasteiger partial charge in [0.2, 0.25) is 23.7 Å². The second-order valence-electron chi connectivity index (χ2n) is 6.53. The molecule has 0 bridgehead atoms. The average Bonchev–Trinajstić information content (AvgIpc) is 3.50. The van der Waals surface area contributed by atoms with Crippen molar-refractivity contribution in [1.29, 1.82) is 0 Å². The van der Waals surface area contributed by atoms with Crippen molar-refractivity contribution >= 4 is 34.8 Å². The Kier molecular flexibility index (Phi) is 7.73. The number of anilines is 1. The zero-order valence-corrected chi connectivity index (χ0v) is 17.6. The van der Waals surface area contributed by atoms with E-state index in [4.69, 9.17) is 24.1 Å². The molecule has 0 spiro atoms. The Morgan fingerprint density at radius 3 is 2.94 bits per heavy atom. The molecule has 1 aromatic carbocycles. The van der Waals surface area contributed by atoms with Crippen LogP contribution < -0.4 is 19.7 Å². The van der Waals surface area contributed by atoms with E-state index in [0.717, 1.165) is 5.56 Å². The van der Waals surface area contributed by atoms with Gasteiger partial charge in [0, 0.05) is 26.1 Å². The molecule has 0 saturated carbocycles. The third kappa shape index (κ3) is 5.67. The lowest BCUT2D eigenvalue weighted by Gasteiger charge is -2.13. The number of carbonyl (C=O) groups excluding carboxylic acids is 2. The van der Waals surface area contributed by atoms with Gasteiger partial charge in [0.1, 0.15) is 11.6 Å². The Bertz CT molecular complexity index is 936. The van der Waals surface area contributed by atoms with E-state index >= 15 is 0 Å². The highest BCUT2D eigenvalue weighted by Gasteiger charge is 2.36. The van der Waals surface area contributed by atoms with Crippen molar-refractivity contribution in [2.75, 3.05) is 24.8 Å². The van der Waals surface area contributed by atoms with Gasteiger partial charge in [0.15, 0.2) is 11.5 Å². The van der Waals surface area contributed by atoms with Crippen molar-refractivity contribution in [2.24, 2.45) is 5.92 Å². The first kappa shape index (κ1) is 22.4. The number of ether oxygens (including phenoxy) is 3. The van der Waals surface area contributed by atoms with Crippen LogP contribution in [0.25, 0.3) is 0 Å². The lowest BCUT2D eigenvalue weighted by Crippen LogP contribution is -2.32. The third-order valence-electron chi connectivity index (χ3n) is 4.52. The van der Waals surface area contributed by atoms with Gasteiger partial charge in [-0.2, -0.15) is 0 Å². The van der Waals surface area contributed by atoms with Crippen molar-refractivity contribution < 1.29 is 33.7 Å². The second kappa shape index (κ2) is 10.7. The molecular formula is C19H22N4O7S. The quantitative estimate of drug-likeness (QED) is 0.595. The van der Waals surface area contributed by atoms with Crippen LogP contribution in [0.4, 0.5) is 5.13 Å². The Morgan fingerprint density at radius 1 is 1.39 bits per heavy atom. The van der Waals surface area contributed by atoms with Gasteiger partial charge in [-0.15, -0.1) is 10.2 Å². The minimum Gasteiger partial charge on any atom is -0.483 e. The maximum absolute atomic E-state index is 12.5. The minimum absolute atomic E-state index is 0.123. The summed E-state index contributed by atoms with van der Waals surface area (Å²) in [7, 11) is 0. The molecule has 2 N–H and O–H groups in total. The van der Waals surface area contributed by atoms with Crippen LogP contribution in [0, 0.1) is 5.92 Å². The fraction of sp³-hybridized carbons (Fsp3) is 0.421. The first-order valence-corrected chi connectivity index (χ1v) is 10.3. The van der Waals surface area contributed by atoms with E-state index in [1.165, 1.54) is 16.2 Å². The van der Waals surface area contributed by atoms with Crippen LogP contribution in [0.5, 0.6) is 11.5 Å². The lowest BCUT2D eigenvalue weighted by atomic mass is 10.1. The van der Waals surface area contributed by atoms with Gasteiger partial charge in [-0.05, 0) is 24.6 Å². The number of fused-ring (bicyclic) bond motifs is 1. The van der Waals surface area contributed by atoms with Crippen molar-refractivity contribution in [2.45, 2.75) is 26.5 Å². The fourth-order valence-corrected chi connectivity index (χ4v) is 3.86. The first-order valence-electron chi connectivity index (χ1n) is 9.50. The molecule has 1 saturated heterocycles. The summed E-state index contributed by atoms with van der Waals surface area (Å²) in [4.78, 5) is 34.7. The Hall–Kier alpha value is -3.25. The van der Waals surface area contributed by atoms with Crippen LogP contribution in [-0.2, 0) is 32.3 Å². The fourth-order valence-electron chi connectivity index (χ4n) is 3.05. The molecular weight excluding hydrogens is 428 g/mol. The molecule has 11 nitrogen and oxygen atoms in total. The number of carboxylic acid groups (broad SMARTS) is 1. The van der Waals surface area contributed by atoms with Crippen molar-refractivity contribution in [3.8, 4) is 11.5 Å². The van der Waals surface area contributed by atoms with Crippen molar-refractivity contribution in [3.63, 3.8) is 0 Å². The number of nitrogens with zero attached hydrogens (tertiary/aromatic N) is 3. The van der Waals surface area contributed by atoms with E-state index in [1.54, 1.807) is 0 Å². The van der Waals surface area contributed by atoms with Crippen LogP contribution in [-0.4, -0.2) is 53.5 Å². The van der Waals surface area contributed by atoms with Gasteiger partial charge in [0.25, 0.3) is 6.47 Å². The van der Waals surface area contributed by atoms with E-state index in [0.29, 0.717) is 47.9 Å². The van der Waals surface area contributed by atoms with Gasteiger partial charge >= 0.3 is 0 Å². The number of carbonyl (C=O) groups is 3. The molecule has 166 valence electrons. The molecule has 12 heteroatoms. The molecule has 2 aliphatic heterocycles. The molecule has 3 heterocycles. The van der Waals surface area contributed by atoms with Gasteiger partial charge in [-0.25, -0.2) is 0 Å². The Labute approximate surface area is 181 Å². The summed E-state index contributed by atoms with van der Waals surface area (Å²) in [5.74, 6) is 0.677. The smallest absolute Gasteiger partial charge is 0.290 e. The number of amides is 2. The zero-order chi connectivity index (χ0) is 22.2. The molecule has 2 amide bonds. The molecule has 1 fully saturated rings. The summed E-state index contributed by atoms with van der Waals surface area (Å²) in [6.07, 6.45) is 0.160. The maximum atomic E-state index is 12.5. The first-order chi connectivity index (χ1) is 15.0. The van der Waals surface area contributed by atoms with Crippen LogP contribution in [0.1, 0.15) is 23.9 Å². The Balaban J connectivity index is 0.000000858. The van der Waals surface area contributed by atoms with E-state index < -0.39 is 5.92 Å². The van der Waals surface area contributed by atoms with Gasteiger partial charge in [-0.3, -0.25) is 19.3 Å². The molecule has 2 aromatic rings. The Morgan fingerprint density at radius 2 is 2.16 bits per heavy atom.